The molecule has 4 rings (SSSR count). The Bertz CT molecular complexity index is 946. The number of carbonyl (C=O) groups is 1. The molecule has 3 aromatic rings. The summed E-state index contributed by atoms with van der Waals surface area (Å²) in [5.74, 6) is 0.718. The van der Waals surface area contributed by atoms with E-state index in [9.17, 15) is 4.79 Å². The minimum atomic E-state index is -0.0843. The molecule has 0 radical (unpaired) electrons. The zero-order valence-electron chi connectivity index (χ0n) is 15.3. The normalized spacial score (nSPS) is 14.9. The van der Waals surface area contributed by atoms with Crippen LogP contribution in [0, 0.1) is 6.92 Å². The smallest absolute Gasteiger partial charge is 0.321 e. The Morgan fingerprint density at radius 3 is 2.70 bits per heavy atom. The molecule has 7 heteroatoms. The molecule has 27 heavy (non-hydrogen) atoms. The van der Waals surface area contributed by atoms with Crippen molar-refractivity contribution in [2.75, 3.05) is 36.4 Å². The lowest BCUT2D eigenvalue weighted by Gasteiger charge is -2.22. The van der Waals surface area contributed by atoms with Crippen LogP contribution in [0.2, 0.25) is 0 Å². The molecule has 1 saturated heterocycles. The molecule has 0 spiro atoms. The summed E-state index contributed by atoms with van der Waals surface area (Å²) in [6, 6.07) is 11.5. The van der Waals surface area contributed by atoms with Crippen molar-refractivity contribution in [3.63, 3.8) is 0 Å². The number of hydrogen-bond acceptors (Lipinski definition) is 5. The van der Waals surface area contributed by atoms with Gasteiger partial charge in [0.25, 0.3) is 0 Å². The third-order valence-electron chi connectivity index (χ3n) is 4.73. The van der Waals surface area contributed by atoms with Crippen molar-refractivity contribution in [2.45, 2.75) is 13.3 Å². The summed E-state index contributed by atoms with van der Waals surface area (Å²) in [6.07, 6.45) is 4.36. The number of anilines is 2. The molecule has 3 heterocycles. The fourth-order valence-electron chi connectivity index (χ4n) is 3.34. The SMILES string of the molecule is Cc1ccc2c(NC(=O)N3CCCN(c4ncccn4)CC3)cccc2n1. The molecule has 1 aliphatic heterocycles. The van der Waals surface area contributed by atoms with Crippen LogP contribution >= 0.6 is 0 Å². The molecule has 1 fully saturated rings. The fourth-order valence-corrected chi connectivity index (χ4v) is 3.34. The van der Waals surface area contributed by atoms with E-state index in [4.69, 9.17) is 0 Å². The van der Waals surface area contributed by atoms with Crippen LogP contribution in [0.1, 0.15) is 12.1 Å². The third-order valence-corrected chi connectivity index (χ3v) is 4.73. The van der Waals surface area contributed by atoms with Gasteiger partial charge in [0, 0.05) is 49.7 Å². The second-order valence-electron chi connectivity index (χ2n) is 6.63. The number of urea groups is 1. The zero-order chi connectivity index (χ0) is 18.6. The monoisotopic (exact) mass is 362 g/mol. The molecule has 0 atom stereocenters. The van der Waals surface area contributed by atoms with Crippen molar-refractivity contribution in [1.29, 1.82) is 0 Å². The number of pyridine rings is 1. The van der Waals surface area contributed by atoms with Crippen LogP contribution in [0.3, 0.4) is 0 Å². The molecular formula is C20H22N6O. The average Bonchev–Trinajstić information content (AvgIpc) is 2.95. The van der Waals surface area contributed by atoms with Crippen LogP contribution in [0.15, 0.2) is 48.8 Å². The second-order valence-corrected chi connectivity index (χ2v) is 6.63. The molecule has 138 valence electrons. The summed E-state index contributed by atoms with van der Waals surface area (Å²) in [4.78, 5) is 29.9. The summed E-state index contributed by atoms with van der Waals surface area (Å²) in [6.45, 7) is 4.85. The van der Waals surface area contributed by atoms with E-state index in [1.165, 1.54) is 0 Å². The summed E-state index contributed by atoms with van der Waals surface area (Å²) in [5.41, 5.74) is 2.63. The van der Waals surface area contributed by atoms with E-state index in [-0.39, 0.29) is 6.03 Å². The highest BCUT2D eigenvalue weighted by atomic mass is 16.2. The minimum Gasteiger partial charge on any atom is -0.339 e. The molecule has 7 nitrogen and oxygen atoms in total. The third kappa shape index (κ3) is 3.81. The number of fused-ring (bicyclic) bond motifs is 1. The highest BCUT2D eigenvalue weighted by Gasteiger charge is 2.21. The Hall–Kier alpha value is -3.22. The Labute approximate surface area is 158 Å². The van der Waals surface area contributed by atoms with Gasteiger partial charge in [-0.1, -0.05) is 6.07 Å². The van der Waals surface area contributed by atoms with Crippen LogP contribution in [-0.2, 0) is 0 Å². The van der Waals surface area contributed by atoms with Gasteiger partial charge in [0.1, 0.15) is 0 Å². The maximum absolute atomic E-state index is 12.8. The van der Waals surface area contributed by atoms with Crippen LogP contribution in [0.5, 0.6) is 0 Å². The largest absolute Gasteiger partial charge is 0.339 e. The van der Waals surface area contributed by atoms with Gasteiger partial charge in [-0.2, -0.15) is 0 Å². The van der Waals surface area contributed by atoms with Gasteiger partial charge in [0.15, 0.2) is 0 Å². The first-order valence-electron chi connectivity index (χ1n) is 9.15. The van der Waals surface area contributed by atoms with Crippen LogP contribution in [0.25, 0.3) is 10.9 Å². The van der Waals surface area contributed by atoms with Gasteiger partial charge in [0.05, 0.1) is 11.2 Å². The topological polar surface area (TPSA) is 74.2 Å². The van der Waals surface area contributed by atoms with Gasteiger partial charge in [-0.15, -0.1) is 0 Å². The lowest BCUT2D eigenvalue weighted by atomic mass is 10.1. The van der Waals surface area contributed by atoms with E-state index in [0.29, 0.717) is 19.6 Å². The summed E-state index contributed by atoms with van der Waals surface area (Å²) >= 11 is 0. The van der Waals surface area contributed by atoms with Crippen molar-refractivity contribution in [3.05, 3.63) is 54.5 Å². The van der Waals surface area contributed by atoms with Crippen molar-refractivity contribution in [2.24, 2.45) is 0 Å². The maximum Gasteiger partial charge on any atom is 0.321 e. The summed E-state index contributed by atoms with van der Waals surface area (Å²) < 4.78 is 0. The highest BCUT2D eigenvalue weighted by Crippen LogP contribution is 2.23. The molecule has 1 aromatic carbocycles. The number of nitrogens with zero attached hydrogens (tertiary/aromatic N) is 5. The van der Waals surface area contributed by atoms with Gasteiger partial charge in [-0.25, -0.2) is 14.8 Å². The van der Waals surface area contributed by atoms with E-state index in [1.54, 1.807) is 12.4 Å². The van der Waals surface area contributed by atoms with Crippen LogP contribution in [-0.4, -0.2) is 52.1 Å². The van der Waals surface area contributed by atoms with Gasteiger partial charge in [-0.3, -0.25) is 4.98 Å². The van der Waals surface area contributed by atoms with Crippen molar-refractivity contribution >= 4 is 28.6 Å². The van der Waals surface area contributed by atoms with E-state index >= 15 is 0 Å². The molecule has 0 aliphatic carbocycles. The van der Waals surface area contributed by atoms with Crippen LogP contribution < -0.4 is 10.2 Å². The maximum atomic E-state index is 12.8. The predicted molar refractivity (Wildman–Crippen MR) is 106 cm³/mol. The Balaban J connectivity index is 1.46. The van der Waals surface area contributed by atoms with Gasteiger partial charge >= 0.3 is 6.03 Å². The quantitative estimate of drug-likeness (QED) is 0.758. The van der Waals surface area contributed by atoms with Crippen LogP contribution in [0.4, 0.5) is 16.4 Å². The second kappa shape index (κ2) is 7.57. The number of benzene rings is 1. The van der Waals surface area contributed by atoms with E-state index in [0.717, 1.165) is 41.2 Å². The Morgan fingerprint density at radius 2 is 1.85 bits per heavy atom. The van der Waals surface area contributed by atoms with E-state index < -0.39 is 0 Å². The number of amides is 2. The Morgan fingerprint density at radius 1 is 1.00 bits per heavy atom. The first-order chi connectivity index (χ1) is 13.2. The molecule has 2 amide bonds. The number of carbonyl (C=O) groups excluding carboxylic acids is 1. The number of hydrogen-bond donors (Lipinski definition) is 1. The van der Waals surface area contributed by atoms with E-state index in [2.05, 4.69) is 25.2 Å². The highest BCUT2D eigenvalue weighted by molar-refractivity contribution is 6.00. The Kier molecular flexibility index (Phi) is 4.82. The molecule has 1 aliphatic rings. The number of nitrogens with one attached hydrogen (secondary N) is 1. The van der Waals surface area contributed by atoms with Crippen molar-refractivity contribution in [3.8, 4) is 0 Å². The zero-order valence-corrected chi connectivity index (χ0v) is 15.3. The van der Waals surface area contributed by atoms with Gasteiger partial charge in [-0.05, 0) is 43.7 Å². The number of aryl methyl sites for hydroxylation is 1. The molecule has 0 unspecified atom stereocenters. The van der Waals surface area contributed by atoms with Gasteiger partial charge in [0.2, 0.25) is 5.95 Å². The first-order valence-corrected chi connectivity index (χ1v) is 9.15. The van der Waals surface area contributed by atoms with E-state index in [1.807, 2.05) is 48.2 Å². The summed E-state index contributed by atoms with van der Waals surface area (Å²) in [5, 5.41) is 4.00. The number of rotatable bonds is 2. The van der Waals surface area contributed by atoms with Crippen molar-refractivity contribution in [1.82, 2.24) is 19.9 Å². The standard InChI is InChI=1S/C20H22N6O/c1-15-7-8-16-17(23-15)5-2-6-18(16)24-20(27)26-12-4-11-25(13-14-26)19-21-9-3-10-22-19/h2-3,5-10H,4,11-14H2,1H3,(H,24,27). The lowest BCUT2D eigenvalue weighted by Crippen LogP contribution is -2.38. The molecule has 2 aromatic heterocycles. The fraction of sp³-hybridized carbons (Fsp3) is 0.300. The minimum absolute atomic E-state index is 0.0843. The first kappa shape index (κ1) is 17.2. The lowest BCUT2D eigenvalue weighted by molar-refractivity contribution is 0.215. The average molecular weight is 362 g/mol. The number of aromatic nitrogens is 3. The van der Waals surface area contributed by atoms with Crippen molar-refractivity contribution < 1.29 is 4.79 Å². The summed E-state index contributed by atoms with van der Waals surface area (Å²) in [7, 11) is 0. The molecule has 0 saturated carbocycles. The predicted octanol–water partition coefficient (Wildman–Crippen LogP) is 3.08. The van der Waals surface area contributed by atoms with Gasteiger partial charge < -0.3 is 15.1 Å². The molecule has 1 N–H and O–H groups in total. The molecular weight excluding hydrogens is 340 g/mol. The molecule has 0 bridgehead atoms.